The molecule has 0 bridgehead atoms. The molecule has 44 heavy (non-hydrogen) atoms. The smallest absolute Gasteiger partial charge is 0.327 e. The first kappa shape index (κ1) is 35.4. The third-order valence-electron chi connectivity index (χ3n) is 8.45. The van der Waals surface area contributed by atoms with E-state index in [4.69, 9.17) is 15.9 Å². The number of imidazole rings is 1. The molecule has 2 aromatic rings. The maximum atomic E-state index is 14.7. The summed E-state index contributed by atoms with van der Waals surface area (Å²) in [7, 11) is 0. The number of nitrogens with zero attached hydrogens (tertiary/aromatic N) is 4. The molecule has 0 aromatic carbocycles. The number of halogens is 1. The van der Waals surface area contributed by atoms with E-state index in [1.165, 1.54) is 6.42 Å². The molecule has 10 nitrogen and oxygen atoms in total. The van der Waals surface area contributed by atoms with Crippen LogP contribution >= 0.6 is 0 Å². The number of unbranched alkanes of at least 4 members (excludes halogenated alkanes) is 9. The molecule has 1 unspecified atom stereocenters. The molecule has 1 amide bonds. The van der Waals surface area contributed by atoms with Gasteiger partial charge >= 0.3 is 12.0 Å². The van der Waals surface area contributed by atoms with Crippen LogP contribution in [0.5, 0.6) is 0 Å². The molecule has 2 aromatic heterocycles. The lowest BCUT2D eigenvalue weighted by molar-refractivity contribution is -0.160. The summed E-state index contributed by atoms with van der Waals surface area (Å²) in [6.07, 6.45) is 19.8. The molecule has 1 aliphatic rings. The number of nitrogens with one attached hydrogen (secondary N) is 1. The molecule has 0 radical (unpaired) electrons. The zero-order valence-corrected chi connectivity index (χ0v) is 26.5. The number of carbonyl (C=O) groups is 2. The van der Waals surface area contributed by atoms with Crippen molar-refractivity contribution in [2.45, 2.75) is 129 Å². The summed E-state index contributed by atoms with van der Waals surface area (Å²) >= 11 is 0. The van der Waals surface area contributed by atoms with Crippen molar-refractivity contribution in [3.05, 3.63) is 12.4 Å². The summed E-state index contributed by atoms with van der Waals surface area (Å²) in [6, 6.07) is -0.246. The van der Waals surface area contributed by atoms with Crippen LogP contribution in [0.25, 0.3) is 11.2 Å². The fourth-order valence-electron chi connectivity index (χ4n) is 5.62. The van der Waals surface area contributed by atoms with Crippen LogP contribution in [0.2, 0.25) is 0 Å². The second kappa shape index (κ2) is 18.6. The molecule has 3 atom stereocenters. The second-order valence-corrected chi connectivity index (χ2v) is 11.9. The summed E-state index contributed by atoms with van der Waals surface area (Å²) in [5.41, 5.74) is -0.966. The highest BCUT2D eigenvalue weighted by Crippen LogP contribution is 2.34. The minimum atomic E-state index is -1.52. The third-order valence-corrected chi connectivity index (χ3v) is 8.45. The summed E-state index contributed by atoms with van der Waals surface area (Å²) < 4.78 is 27.4. The Labute approximate surface area is 260 Å². The minimum absolute atomic E-state index is 0.0406. The monoisotopic (exact) mass is 615 g/mol. The second-order valence-electron chi connectivity index (χ2n) is 11.9. The van der Waals surface area contributed by atoms with Crippen LogP contribution in [0.1, 0.15) is 123 Å². The van der Waals surface area contributed by atoms with Crippen molar-refractivity contribution in [3.63, 3.8) is 0 Å². The highest BCUT2D eigenvalue weighted by Gasteiger charge is 2.40. The molecular weight excluding hydrogens is 565 g/mol. The van der Waals surface area contributed by atoms with Crippen LogP contribution in [-0.2, 0) is 19.1 Å². The van der Waals surface area contributed by atoms with E-state index in [2.05, 4.69) is 40.0 Å². The van der Waals surface area contributed by atoms with Gasteiger partial charge in [0.05, 0.1) is 26.1 Å². The van der Waals surface area contributed by atoms with Crippen LogP contribution in [0, 0.1) is 23.8 Å². The van der Waals surface area contributed by atoms with Crippen molar-refractivity contribution in [1.82, 2.24) is 19.5 Å². The predicted molar refractivity (Wildman–Crippen MR) is 167 cm³/mol. The third kappa shape index (κ3) is 10.2. The lowest BCUT2D eigenvalue weighted by Crippen LogP contribution is -2.38. The molecule has 3 heterocycles. The van der Waals surface area contributed by atoms with Gasteiger partial charge in [0, 0.05) is 18.9 Å². The molecule has 244 valence electrons. The Balaban J connectivity index is 1.80. The molecule has 3 rings (SSSR count). The van der Waals surface area contributed by atoms with Gasteiger partial charge in [-0.15, -0.1) is 6.42 Å². The number of hydrogen-bond acceptors (Lipinski definition) is 8. The number of terminal acetylenes is 1. The van der Waals surface area contributed by atoms with E-state index < -0.39 is 24.1 Å². The molecule has 2 N–H and O–H groups in total. The number of aromatic nitrogens is 4. The van der Waals surface area contributed by atoms with Crippen LogP contribution < -0.4 is 5.32 Å². The Kier molecular flexibility index (Phi) is 15.0. The van der Waals surface area contributed by atoms with Gasteiger partial charge in [-0.3, -0.25) is 9.59 Å². The number of fused-ring (bicyclic) bond motifs is 1. The number of carbonyl (C=O) groups excluding carboxylic acids is 2. The fraction of sp³-hybridized carbons (Fsp3) is 0.727. The number of hydrogen-bond donors (Lipinski definition) is 2. The van der Waals surface area contributed by atoms with E-state index in [1.54, 1.807) is 10.9 Å². The van der Waals surface area contributed by atoms with Crippen molar-refractivity contribution < 1.29 is 28.6 Å². The lowest BCUT2D eigenvalue weighted by atomic mass is 9.82. The summed E-state index contributed by atoms with van der Waals surface area (Å²) in [6.45, 7) is 4.57. The van der Waals surface area contributed by atoms with Crippen molar-refractivity contribution >= 4 is 28.9 Å². The number of aliphatic hydroxyl groups excluding tert-OH is 1. The minimum Gasteiger partial charge on any atom is -0.459 e. The quantitative estimate of drug-likeness (QED) is 0.0727. The van der Waals surface area contributed by atoms with Gasteiger partial charge in [-0.05, 0) is 25.7 Å². The van der Waals surface area contributed by atoms with Crippen molar-refractivity contribution in [1.29, 1.82) is 0 Å². The molecule has 0 aliphatic carbocycles. The van der Waals surface area contributed by atoms with Gasteiger partial charge in [0.1, 0.15) is 6.10 Å². The number of anilines is 1. The van der Waals surface area contributed by atoms with Crippen molar-refractivity contribution in [2.75, 3.05) is 25.1 Å². The van der Waals surface area contributed by atoms with Crippen LogP contribution in [0.4, 0.5) is 10.2 Å². The van der Waals surface area contributed by atoms with Gasteiger partial charge < -0.3 is 24.5 Å². The summed E-state index contributed by atoms with van der Waals surface area (Å²) in [5.74, 6) is 1.67. The Morgan fingerprint density at radius 1 is 1.14 bits per heavy atom. The topological polar surface area (TPSA) is 128 Å². The van der Waals surface area contributed by atoms with Crippen LogP contribution in [0.15, 0.2) is 6.33 Å². The van der Waals surface area contributed by atoms with Gasteiger partial charge in [-0.2, -0.15) is 14.4 Å². The van der Waals surface area contributed by atoms with Crippen molar-refractivity contribution in [2.24, 2.45) is 5.41 Å². The molecule has 1 saturated heterocycles. The Bertz CT molecular complexity index is 1230. The van der Waals surface area contributed by atoms with E-state index in [-0.39, 0.29) is 35.9 Å². The first-order valence-electron chi connectivity index (χ1n) is 16.4. The van der Waals surface area contributed by atoms with Crippen LogP contribution in [-0.4, -0.2) is 62.4 Å². The maximum absolute atomic E-state index is 14.7. The number of rotatable bonds is 21. The first-order valence-corrected chi connectivity index (χ1v) is 16.4. The van der Waals surface area contributed by atoms with Gasteiger partial charge in [-0.1, -0.05) is 84.0 Å². The molecule has 0 spiro atoms. The first-order chi connectivity index (χ1) is 21.4. The average molecular weight is 616 g/mol. The molecule has 1 fully saturated rings. The molecule has 0 saturated carbocycles. The van der Waals surface area contributed by atoms with E-state index in [0.717, 1.165) is 64.2 Å². The highest BCUT2D eigenvalue weighted by atomic mass is 19.1. The van der Waals surface area contributed by atoms with E-state index in [0.29, 0.717) is 44.4 Å². The Hall–Kier alpha value is -3.10. The van der Waals surface area contributed by atoms with E-state index >= 15 is 0 Å². The van der Waals surface area contributed by atoms with E-state index in [1.807, 2.05) is 0 Å². The van der Waals surface area contributed by atoms with Gasteiger partial charge in [-0.25, -0.2) is 4.98 Å². The van der Waals surface area contributed by atoms with Crippen molar-refractivity contribution in [3.8, 4) is 12.3 Å². The Morgan fingerprint density at radius 3 is 2.50 bits per heavy atom. The zero-order valence-electron chi connectivity index (χ0n) is 26.5. The average Bonchev–Trinajstić information content (AvgIpc) is 3.68. The highest BCUT2D eigenvalue weighted by molar-refractivity contribution is 5.96. The SMILES string of the molecule is C#C[C@@](CO)(CC[C@@H](CCCCCCCC)n1cnc2c(NC(=O)CCCCCCC)nc(F)nc21)C(=O)OC1CCOC1. The standard InChI is InChI=1S/C33H50FN5O5/c1-4-7-9-11-13-14-16-25(18-20-33(6-3,23-40)31(42)44-26-19-21-43-22-26)39-24-35-28-29(37-32(34)38-30(28)39)36-27(41)17-15-12-10-8-5-2/h3,24-26,40H,4-5,7-23H2,1-2H3,(H,36,37,38,41)/t25-,26?,33+/m1/s1. The zero-order chi connectivity index (χ0) is 31.8. The fourth-order valence-corrected chi connectivity index (χ4v) is 5.62. The van der Waals surface area contributed by atoms with E-state index in [9.17, 15) is 19.1 Å². The Morgan fingerprint density at radius 2 is 1.84 bits per heavy atom. The number of ether oxygens (including phenoxy) is 2. The normalized spacial score (nSPS) is 16.8. The van der Waals surface area contributed by atoms with Gasteiger partial charge in [0.2, 0.25) is 5.91 Å². The number of esters is 1. The largest absolute Gasteiger partial charge is 0.459 e. The number of aliphatic hydroxyl groups is 1. The van der Waals surface area contributed by atoms with Gasteiger partial charge in [0.25, 0.3) is 0 Å². The van der Waals surface area contributed by atoms with Crippen LogP contribution in [0.3, 0.4) is 0 Å². The molecule has 1 aliphatic heterocycles. The molecule has 11 heteroatoms. The lowest BCUT2D eigenvalue weighted by Gasteiger charge is -2.28. The molecular formula is C33H50FN5O5. The maximum Gasteiger partial charge on any atom is 0.327 e. The predicted octanol–water partition coefficient (Wildman–Crippen LogP) is 6.28. The van der Waals surface area contributed by atoms with Gasteiger partial charge in [0.15, 0.2) is 22.4 Å². The summed E-state index contributed by atoms with van der Waals surface area (Å²) in [5, 5.41) is 13.0. The number of amides is 1. The summed E-state index contributed by atoms with van der Waals surface area (Å²) in [4.78, 5) is 38.2.